The number of nitrogens with zero attached hydrogens (tertiary/aromatic N) is 2. The number of hydrogen-bond acceptors (Lipinski definition) is 4. The van der Waals surface area contributed by atoms with Crippen LogP contribution in [0.4, 0.5) is 0 Å². The predicted octanol–water partition coefficient (Wildman–Crippen LogP) is 0.927. The molecule has 0 aromatic heterocycles. The highest BCUT2D eigenvalue weighted by Crippen LogP contribution is 2.34. The average Bonchev–Trinajstić information content (AvgIpc) is 2.48. The third-order valence-corrected chi connectivity index (χ3v) is 5.26. The molecule has 1 aliphatic carbocycles. The maximum atomic E-state index is 5.44. The van der Waals surface area contributed by atoms with Gasteiger partial charge in [0.25, 0.3) is 0 Å². The number of piperazine rings is 1. The molecule has 2 heterocycles. The van der Waals surface area contributed by atoms with Crippen molar-refractivity contribution in [2.75, 3.05) is 59.0 Å². The van der Waals surface area contributed by atoms with Gasteiger partial charge in [-0.2, -0.15) is 0 Å². The summed E-state index contributed by atoms with van der Waals surface area (Å²) >= 11 is 0. The number of hydrogen-bond donors (Lipinski definition) is 1. The molecule has 3 fully saturated rings. The first-order chi connectivity index (χ1) is 9.39. The summed E-state index contributed by atoms with van der Waals surface area (Å²) in [5.74, 6) is 0. The van der Waals surface area contributed by atoms with Crippen LogP contribution in [0.5, 0.6) is 0 Å². The summed E-state index contributed by atoms with van der Waals surface area (Å²) in [6, 6.07) is 0. The number of morpholine rings is 1. The smallest absolute Gasteiger partial charge is 0.0594 e. The molecule has 4 heteroatoms. The standard InChI is InChI=1S/C15H29N3O/c1-2-4-15(5-3-1)14-16-6-7-18(15)9-8-17-10-12-19-13-11-17/h16H,1-14H2. The lowest BCUT2D eigenvalue weighted by atomic mass is 9.79. The molecule has 0 radical (unpaired) electrons. The van der Waals surface area contributed by atoms with Gasteiger partial charge >= 0.3 is 0 Å². The molecular formula is C15H29N3O. The van der Waals surface area contributed by atoms with Gasteiger partial charge in [-0.05, 0) is 12.8 Å². The molecule has 110 valence electrons. The van der Waals surface area contributed by atoms with Crippen molar-refractivity contribution in [2.45, 2.75) is 37.6 Å². The van der Waals surface area contributed by atoms with E-state index in [0.717, 1.165) is 26.3 Å². The Hall–Kier alpha value is -0.160. The van der Waals surface area contributed by atoms with E-state index >= 15 is 0 Å². The topological polar surface area (TPSA) is 27.7 Å². The van der Waals surface area contributed by atoms with Crippen molar-refractivity contribution in [3.63, 3.8) is 0 Å². The fourth-order valence-corrected chi connectivity index (χ4v) is 4.02. The van der Waals surface area contributed by atoms with Crippen LogP contribution in [-0.4, -0.2) is 74.4 Å². The van der Waals surface area contributed by atoms with Crippen LogP contribution >= 0.6 is 0 Å². The van der Waals surface area contributed by atoms with Crippen molar-refractivity contribution in [1.82, 2.24) is 15.1 Å². The highest BCUT2D eigenvalue weighted by atomic mass is 16.5. The lowest BCUT2D eigenvalue weighted by Crippen LogP contribution is -2.63. The van der Waals surface area contributed by atoms with Gasteiger partial charge in [0, 0.05) is 51.4 Å². The molecule has 2 saturated heterocycles. The second-order valence-corrected chi connectivity index (χ2v) is 6.40. The number of rotatable bonds is 3. The fraction of sp³-hybridized carbons (Fsp3) is 1.00. The van der Waals surface area contributed by atoms with Crippen LogP contribution in [0.2, 0.25) is 0 Å². The zero-order valence-electron chi connectivity index (χ0n) is 12.2. The molecule has 2 aliphatic heterocycles. The maximum Gasteiger partial charge on any atom is 0.0594 e. The Morgan fingerprint density at radius 3 is 2.53 bits per heavy atom. The minimum absolute atomic E-state index is 0.489. The van der Waals surface area contributed by atoms with Crippen LogP contribution in [0, 0.1) is 0 Å². The van der Waals surface area contributed by atoms with Crippen LogP contribution in [0.15, 0.2) is 0 Å². The summed E-state index contributed by atoms with van der Waals surface area (Å²) in [7, 11) is 0. The quantitative estimate of drug-likeness (QED) is 0.823. The van der Waals surface area contributed by atoms with Crippen molar-refractivity contribution in [3.05, 3.63) is 0 Å². The molecule has 3 aliphatic rings. The van der Waals surface area contributed by atoms with Crippen molar-refractivity contribution >= 4 is 0 Å². The van der Waals surface area contributed by atoms with Gasteiger partial charge in [0.1, 0.15) is 0 Å². The minimum Gasteiger partial charge on any atom is -0.379 e. The molecule has 0 unspecified atom stereocenters. The van der Waals surface area contributed by atoms with Gasteiger partial charge in [0.2, 0.25) is 0 Å². The first-order valence-corrected chi connectivity index (χ1v) is 8.15. The predicted molar refractivity (Wildman–Crippen MR) is 77.5 cm³/mol. The summed E-state index contributed by atoms with van der Waals surface area (Å²) < 4.78 is 5.44. The summed E-state index contributed by atoms with van der Waals surface area (Å²) in [4.78, 5) is 5.38. The summed E-state index contributed by atoms with van der Waals surface area (Å²) in [5, 5.41) is 3.64. The molecular weight excluding hydrogens is 238 g/mol. The Balaban J connectivity index is 1.54. The van der Waals surface area contributed by atoms with Crippen molar-refractivity contribution in [2.24, 2.45) is 0 Å². The largest absolute Gasteiger partial charge is 0.379 e. The first-order valence-electron chi connectivity index (χ1n) is 8.15. The van der Waals surface area contributed by atoms with Crippen LogP contribution < -0.4 is 5.32 Å². The highest BCUT2D eigenvalue weighted by Gasteiger charge is 2.39. The van der Waals surface area contributed by atoms with Gasteiger partial charge in [0.05, 0.1) is 13.2 Å². The van der Waals surface area contributed by atoms with Crippen LogP contribution in [0.25, 0.3) is 0 Å². The van der Waals surface area contributed by atoms with Crippen LogP contribution in [0.3, 0.4) is 0 Å². The minimum atomic E-state index is 0.489. The van der Waals surface area contributed by atoms with Gasteiger partial charge in [-0.3, -0.25) is 9.80 Å². The molecule has 19 heavy (non-hydrogen) atoms. The monoisotopic (exact) mass is 267 g/mol. The molecule has 1 N–H and O–H groups in total. The van der Waals surface area contributed by atoms with E-state index in [1.807, 2.05) is 0 Å². The van der Waals surface area contributed by atoms with Crippen LogP contribution in [-0.2, 0) is 4.74 Å². The van der Waals surface area contributed by atoms with Crippen LogP contribution in [0.1, 0.15) is 32.1 Å². The summed E-state index contributed by atoms with van der Waals surface area (Å²) in [6.45, 7) is 10.2. The van der Waals surface area contributed by atoms with Gasteiger partial charge in [-0.1, -0.05) is 19.3 Å². The molecule has 0 amide bonds. The molecule has 4 nitrogen and oxygen atoms in total. The summed E-state index contributed by atoms with van der Waals surface area (Å²) in [6.07, 6.45) is 7.11. The zero-order chi connectivity index (χ0) is 13.0. The Kier molecular flexibility index (Phi) is 4.74. The van der Waals surface area contributed by atoms with E-state index in [9.17, 15) is 0 Å². The van der Waals surface area contributed by atoms with E-state index in [4.69, 9.17) is 4.74 Å². The Bertz CT molecular complexity index is 264. The van der Waals surface area contributed by atoms with Gasteiger partial charge < -0.3 is 10.1 Å². The third kappa shape index (κ3) is 3.30. The second kappa shape index (κ2) is 6.53. The lowest BCUT2D eigenvalue weighted by molar-refractivity contribution is 0.000689. The molecule has 1 spiro atoms. The van der Waals surface area contributed by atoms with E-state index < -0.39 is 0 Å². The van der Waals surface area contributed by atoms with Gasteiger partial charge in [-0.15, -0.1) is 0 Å². The zero-order valence-corrected chi connectivity index (χ0v) is 12.2. The molecule has 0 aromatic rings. The van der Waals surface area contributed by atoms with Crippen molar-refractivity contribution in [1.29, 1.82) is 0 Å². The Labute approximate surface area is 117 Å². The highest BCUT2D eigenvalue weighted by molar-refractivity contribution is 4.98. The Morgan fingerprint density at radius 1 is 0.947 bits per heavy atom. The lowest BCUT2D eigenvalue weighted by Gasteiger charge is -2.50. The van der Waals surface area contributed by atoms with Crippen molar-refractivity contribution < 1.29 is 4.74 Å². The third-order valence-electron chi connectivity index (χ3n) is 5.26. The normalized spacial score (nSPS) is 29.7. The first kappa shape index (κ1) is 13.8. The SMILES string of the molecule is C1CCC2(CC1)CNCCN2CCN1CCOCC1. The second-order valence-electron chi connectivity index (χ2n) is 6.40. The number of nitrogens with one attached hydrogen (secondary N) is 1. The fourth-order valence-electron chi connectivity index (χ4n) is 4.02. The number of ether oxygens (including phenoxy) is 1. The molecule has 0 bridgehead atoms. The Morgan fingerprint density at radius 2 is 1.74 bits per heavy atom. The van der Waals surface area contributed by atoms with Gasteiger partial charge in [-0.25, -0.2) is 0 Å². The van der Waals surface area contributed by atoms with E-state index in [0.29, 0.717) is 5.54 Å². The molecule has 0 atom stereocenters. The van der Waals surface area contributed by atoms with Gasteiger partial charge in [0.15, 0.2) is 0 Å². The molecule has 0 aromatic carbocycles. The molecule has 1 saturated carbocycles. The van der Waals surface area contributed by atoms with E-state index in [1.165, 1.54) is 64.8 Å². The van der Waals surface area contributed by atoms with E-state index in [-0.39, 0.29) is 0 Å². The van der Waals surface area contributed by atoms with Crippen molar-refractivity contribution in [3.8, 4) is 0 Å². The van der Waals surface area contributed by atoms with E-state index in [1.54, 1.807) is 0 Å². The maximum absolute atomic E-state index is 5.44. The van der Waals surface area contributed by atoms with E-state index in [2.05, 4.69) is 15.1 Å². The summed E-state index contributed by atoms with van der Waals surface area (Å²) in [5.41, 5.74) is 0.489. The average molecular weight is 267 g/mol. The molecule has 3 rings (SSSR count).